The number of thiophene rings is 1. The molecule has 3 rings (SSSR count). The Hall–Kier alpha value is -2.14. The van der Waals surface area contributed by atoms with Gasteiger partial charge in [0.2, 0.25) is 11.8 Å². The van der Waals surface area contributed by atoms with Crippen molar-refractivity contribution in [2.75, 3.05) is 26.2 Å². The van der Waals surface area contributed by atoms with E-state index in [1.807, 2.05) is 43.6 Å². The lowest BCUT2D eigenvalue weighted by Gasteiger charge is -2.34. The van der Waals surface area contributed by atoms with E-state index in [0.29, 0.717) is 32.6 Å². The van der Waals surface area contributed by atoms with Crippen LogP contribution in [0.1, 0.15) is 39.7 Å². The van der Waals surface area contributed by atoms with E-state index in [-0.39, 0.29) is 17.7 Å². The quantitative estimate of drug-likeness (QED) is 0.661. The molecule has 0 spiro atoms. The Morgan fingerprint density at radius 3 is 2.48 bits per heavy atom. The molecular formula is C24H32N2O2S. The van der Waals surface area contributed by atoms with Crippen LogP contribution in [-0.2, 0) is 16.0 Å². The number of hydrogen-bond donors (Lipinski definition) is 0. The standard InChI is InChI=1S/C24H32N2O2S/c1-5-25(6-2)23(28)24(13-14-26(17-24)22(27)18(3)4)16-19-10-7-8-11-20(19)21-12-9-15-29-21/h7-12,15,18H,5-6,13-14,16-17H2,1-4H3/t24-/m1/s1. The zero-order chi connectivity index (χ0) is 21.0. The van der Waals surface area contributed by atoms with Crippen LogP contribution >= 0.6 is 11.3 Å². The summed E-state index contributed by atoms with van der Waals surface area (Å²) in [6.07, 6.45) is 1.39. The highest BCUT2D eigenvalue weighted by molar-refractivity contribution is 7.13. The van der Waals surface area contributed by atoms with Gasteiger partial charge in [-0.15, -0.1) is 11.3 Å². The van der Waals surface area contributed by atoms with Crippen molar-refractivity contribution >= 4 is 23.2 Å². The van der Waals surface area contributed by atoms with Crippen LogP contribution in [-0.4, -0.2) is 47.8 Å². The molecule has 156 valence electrons. The van der Waals surface area contributed by atoms with Crippen LogP contribution in [0.25, 0.3) is 10.4 Å². The first-order valence-electron chi connectivity index (χ1n) is 10.6. The summed E-state index contributed by atoms with van der Waals surface area (Å²) >= 11 is 1.72. The predicted octanol–water partition coefficient (Wildman–Crippen LogP) is 4.70. The molecular weight excluding hydrogens is 380 g/mol. The van der Waals surface area contributed by atoms with Gasteiger partial charge in [-0.25, -0.2) is 0 Å². The van der Waals surface area contributed by atoms with Crippen LogP contribution in [0.4, 0.5) is 0 Å². The molecule has 5 heteroatoms. The van der Waals surface area contributed by atoms with E-state index in [0.717, 1.165) is 6.42 Å². The van der Waals surface area contributed by atoms with Gasteiger partial charge in [0.15, 0.2) is 0 Å². The molecule has 0 bridgehead atoms. The molecule has 0 saturated carbocycles. The van der Waals surface area contributed by atoms with Gasteiger partial charge in [-0.05, 0) is 49.3 Å². The fraction of sp³-hybridized carbons (Fsp3) is 0.500. The van der Waals surface area contributed by atoms with E-state index in [4.69, 9.17) is 0 Å². The molecule has 2 aromatic rings. The van der Waals surface area contributed by atoms with Crippen molar-refractivity contribution in [1.29, 1.82) is 0 Å². The van der Waals surface area contributed by atoms with Crippen molar-refractivity contribution < 1.29 is 9.59 Å². The van der Waals surface area contributed by atoms with E-state index in [2.05, 4.69) is 35.7 Å². The first-order valence-corrected chi connectivity index (χ1v) is 11.5. The molecule has 1 aliphatic rings. The summed E-state index contributed by atoms with van der Waals surface area (Å²) in [4.78, 5) is 31.4. The van der Waals surface area contributed by atoms with Crippen molar-refractivity contribution in [3.8, 4) is 10.4 Å². The lowest BCUT2D eigenvalue weighted by atomic mass is 9.78. The molecule has 0 unspecified atom stereocenters. The Bertz CT molecular complexity index is 842. The van der Waals surface area contributed by atoms with Crippen LogP contribution in [0, 0.1) is 11.3 Å². The largest absolute Gasteiger partial charge is 0.343 e. The Balaban J connectivity index is 1.98. The van der Waals surface area contributed by atoms with Gasteiger partial charge in [0.25, 0.3) is 0 Å². The van der Waals surface area contributed by atoms with E-state index in [1.165, 1.54) is 16.0 Å². The van der Waals surface area contributed by atoms with Crippen molar-refractivity contribution in [2.45, 2.75) is 40.5 Å². The number of rotatable bonds is 7. The summed E-state index contributed by atoms with van der Waals surface area (Å²) in [6.45, 7) is 10.5. The van der Waals surface area contributed by atoms with Gasteiger partial charge in [0.05, 0.1) is 5.41 Å². The normalized spacial score (nSPS) is 19.0. The number of likely N-dealkylation sites (tertiary alicyclic amines) is 1. The first-order chi connectivity index (χ1) is 13.9. The van der Waals surface area contributed by atoms with E-state index in [1.54, 1.807) is 11.3 Å². The summed E-state index contributed by atoms with van der Waals surface area (Å²) in [5.41, 5.74) is 1.83. The van der Waals surface area contributed by atoms with Crippen LogP contribution in [0.3, 0.4) is 0 Å². The minimum atomic E-state index is -0.552. The molecule has 1 aliphatic heterocycles. The third kappa shape index (κ3) is 4.40. The summed E-state index contributed by atoms with van der Waals surface area (Å²) in [5.74, 6) is 0.279. The number of amides is 2. The van der Waals surface area contributed by atoms with Crippen molar-refractivity contribution in [2.24, 2.45) is 11.3 Å². The molecule has 2 heterocycles. The Kier molecular flexibility index (Phi) is 6.78. The minimum absolute atomic E-state index is 0.0484. The number of carbonyl (C=O) groups excluding carboxylic acids is 2. The van der Waals surface area contributed by atoms with E-state index >= 15 is 0 Å². The molecule has 4 nitrogen and oxygen atoms in total. The third-order valence-corrected chi connectivity index (χ3v) is 6.90. The smallest absolute Gasteiger partial charge is 0.230 e. The Morgan fingerprint density at radius 2 is 1.86 bits per heavy atom. The zero-order valence-electron chi connectivity index (χ0n) is 18.0. The van der Waals surface area contributed by atoms with Crippen molar-refractivity contribution in [1.82, 2.24) is 9.80 Å². The highest BCUT2D eigenvalue weighted by atomic mass is 32.1. The SMILES string of the molecule is CCN(CC)C(=O)[C@@]1(Cc2ccccc2-c2cccs2)CCN(C(=O)C(C)C)C1. The number of benzene rings is 1. The predicted molar refractivity (Wildman–Crippen MR) is 120 cm³/mol. The van der Waals surface area contributed by atoms with Gasteiger partial charge in [-0.1, -0.05) is 44.2 Å². The van der Waals surface area contributed by atoms with Gasteiger partial charge in [0, 0.05) is 37.0 Å². The summed E-state index contributed by atoms with van der Waals surface area (Å²) in [5, 5.41) is 2.08. The molecule has 0 radical (unpaired) electrons. The van der Waals surface area contributed by atoms with Gasteiger partial charge in [-0.2, -0.15) is 0 Å². The van der Waals surface area contributed by atoms with Crippen LogP contribution in [0.15, 0.2) is 41.8 Å². The fourth-order valence-corrected chi connectivity index (χ4v) is 5.16. The van der Waals surface area contributed by atoms with Gasteiger partial charge in [-0.3, -0.25) is 9.59 Å². The van der Waals surface area contributed by atoms with Crippen LogP contribution in [0.5, 0.6) is 0 Å². The topological polar surface area (TPSA) is 40.6 Å². The second-order valence-corrected chi connectivity index (χ2v) is 9.18. The van der Waals surface area contributed by atoms with Gasteiger partial charge in [0.1, 0.15) is 0 Å². The van der Waals surface area contributed by atoms with Gasteiger partial charge < -0.3 is 9.80 Å². The zero-order valence-corrected chi connectivity index (χ0v) is 18.8. The molecule has 29 heavy (non-hydrogen) atoms. The molecule has 1 aromatic heterocycles. The molecule has 1 aromatic carbocycles. The molecule has 1 atom stereocenters. The maximum atomic E-state index is 13.7. The second kappa shape index (κ2) is 9.12. The Morgan fingerprint density at radius 1 is 1.14 bits per heavy atom. The lowest BCUT2D eigenvalue weighted by molar-refractivity contribution is -0.142. The highest BCUT2D eigenvalue weighted by Crippen LogP contribution is 2.40. The lowest BCUT2D eigenvalue weighted by Crippen LogP contribution is -2.47. The molecule has 0 aliphatic carbocycles. The molecule has 0 N–H and O–H groups in total. The maximum Gasteiger partial charge on any atom is 0.230 e. The van der Waals surface area contributed by atoms with Crippen molar-refractivity contribution in [3.63, 3.8) is 0 Å². The average molecular weight is 413 g/mol. The monoisotopic (exact) mass is 412 g/mol. The van der Waals surface area contributed by atoms with Gasteiger partial charge >= 0.3 is 0 Å². The van der Waals surface area contributed by atoms with E-state index < -0.39 is 5.41 Å². The minimum Gasteiger partial charge on any atom is -0.343 e. The van der Waals surface area contributed by atoms with Crippen molar-refractivity contribution in [3.05, 3.63) is 47.3 Å². The maximum absolute atomic E-state index is 13.7. The Labute approximate surface area is 178 Å². The number of hydrogen-bond acceptors (Lipinski definition) is 3. The fourth-order valence-electron chi connectivity index (χ4n) is 4.38. The third-order valence-electron chi connectivity index (χ3n) is 6.00. The molecule has 1 fully saturated rings. The highest BCUT2D eigenvalue weighted by Gasteiger charge is 2.47. The number of carbonyl (C=O) groups is 2. The van der Waals surface area contributed by atoms with Crippen LogP contribution in [0.2, 0.25) is 0 Å². The molecule has 1 saturated heterocycles. The number of nitrogens with zero attached hydrogens (tertiary/aromatic N) is 2. The molecule has 2 amide bonds. The van der Waals surface area contributed by atoms with Crippen LogP contribution < -0.4 is 0 Å². The average Bonchev–Trinajstić information content (AvgIpc) is 3.39. The summed E-state index contributed by atoms with van der Waals surface area (Å²) in [6, 6.07) is 12.6. The summed E-state index contributed by atoms with van der Waals surface area (Å²) < 4.78 is 0. The van der Waals surface area contributed by atoms with E-state index in [9.17, 15) is 9.59 Å². The summed E-state index contributed by atoms with van der Waals surface area (Å²) in [7, 11) is 0. The first kappa shape index (κ1) is 21.6. The second-order valence-electron chi connectivity index (χ2n) is 8.23.